The van der Waals surface area contributed by atoms with E-state index in [9.17, 15) is 14.4 Å². The zero-order chi connectivity index (χ0) is 26.1. The molecule has 10 heteroatoms. The summed E-state index contributed by atoms with van der Waals surface area (Å²) >= 11 is 0. The number of pyridine rings is 1. The topological polar surface area (TPSA) is 104 Å². The van der Waals surface area contributed by atoms with Gasteiger partial charge in [0.25, 0.3) is 5.91 Å². The number of nitrogens with one attached hydrogen (secondary N) is 2. The van der Waals surface area contributed by atoms with Crippen molar-refractivity contribution in [3.63, 3.8) is 0 Å². The zero-order valence-corrected chi connectivity index (χ0v) is 21.7. The number of halogens is 1. The molecule has 2 aliphatic rings. The van der Waals surface area contributed by atoms with Crippen LogP contribution >= 0.6 is 12.4 Å². The van der Waals surface area contributed by atoms with Crippen LogP contribution in [0, 0.1) is 0 Å². The number of ether oxygens (including phenoxy) is 1. The van der Waals surface area contributed by atoms with Crippen LogP contribution in [0.4, 0.5) is 28.6 Å². The molecule has 6 rings (SSSR count). The number of benzene rings is 3. The molecule has 1 fully saturated rings. The van der Waals surface area contributed by atoms with Crippen LogP contribution in [0.15, 0.2) is 79.0 Å². The standard InChI is InChI=1S/C29H25N5O4.ClH/c35-25-18-26(36)34(24-12-7-19-4-1-2-5-22(19)27(24)32-25)21-10-8-20(9-11-21)31-29(37)23-6-3-13-30-28(23)33-14-16-38-17-15-33;/h1-13H,14-18H2,(H,31,37)(H,32,35);1H. The molecule has 9 nitrogen and oxygen atoms in total. The number of carbonyl (C=O) groups is 3. The molecular weight excluding hydrogens is 518 g/mol. The molecule has 0 saturated carbocycles. The first kappa shape index (κ1) is 26.1. The summed E-state index contributed by atoms with van der Waals surface area (Å²) in [5.41, 5.74) is 2.85. The van der Waals surface area contributed by atoms with Gasteiger partial charge in [-0.3, -0.25) is 19.3 Å². The van der Waals surface area contributed by atoms with Crippen molar-refractivity contribution < 1.29 is 19.1 Å². The fraction of sp³-hybridized carbons (Fsp3) is 0.172. The Morgan fingerprint density at radius 3 is 2.49 bits per heavy atom. The van der Waals surface area contributed by atoms with E-state index in [2.05, 4.69) is 15.6 Å². The number of anilines is 5. The molecule has 0 radical (unpaired) electrons. The summed E-state index contributed by atoms with van der Waals surface area (Å²) in [7, 11) is 0. The molecule has 3 heterocycles. The molecule has 0 aliphatic carbocycles. The van der Waals surface area contributed by atoms with Crippen LogP contribution in [0.2, 0.25) is 0 Å². The summed E-state index contributed by atoms with van der Waals surface area (Å²) < 4.78 is 5.42. The second kappa shape index (κ2) is 11.1. The highest BCUT2D eigenvalue weighted by Crippen LogP contribution is 2.40. The van der Waals surface area contributed by atoms with Gasteiger partial charge in [-0.05, 0) is 47.9 Å². The van der Waals surface area contributed by atoms with Gasteiger partial charge in [-0.1, -0.05) is 30.3 Å². The molecule has 2 N–H and O–H groups in total. The minimum absolute atomic E-state index is 0. The van der Waals surface area contributed by atoms with Gasteiger partial charge < -0.3 is 20.3 Å². The predicted molar refractivity (Wildman–Crippen MR) is 153 cm³/mol. The van der Waals surface area contributed by atoms with Crippen LogP contribution in [0.1, 0.15) is 16.8 Å². The molecule has 198 valence electrons. The summed E-state index contributed by atoms with van der Waals surface area (Å²) in [4.78, 5) is 46.8. The highest BCUT2D eigenvalue weighted by molar-refractivity contribution is 6.21. The number of morpholine rings is 1. The van der Waals surface area contributed by atoms with E-state index in [-0.39, 0.29) is 36.5 Å². The summed E-state index contributed by atoms with van der Waals surface area (Å²) in [6, 6.07) is 22.0. The van der Waals surface area contributed by atoms with Gasteiger partial charge in [0.1, 0.15) is 12.2 Å². The lowest BCUT2D eigenvalue weighted by Crippen LogP contribution is -2.38. The Morgan fingerprint density at radius 1 is 0.923 bits per heavy atom. The molecule has 39 heavy (non-hydrogen) atoms. The Bertz CT molecular complexity index is 1550. The van der Waals surface area contributed by atoms with E-state index in [4.69, 9.17) is 4.74 Å². The lowest BCUT2D eigenvalue weighted by atomic mass is 10.1. The molecule has 0 unspecified atom stereocenters. The van der Waals surface area contributed by atoms with Gasteiger partial charge in [0.15, 0.2) is 0 Å². The molecule has 2 aliphatic heterocycles. The van der Waals surface area contributed by atoms with Crippen LogP contribution in [0.25, 0.3) is 10.8 Å². The molecule has 0 bridgehead atoms. The van der Waals surface area contributed by atoms with Crippen LogP contribution in [0.5, 0.6) is 0 Å². The van der Waals surface area contributed by atoms with Crippen molar-refractivity contribution >= 4 is 69.5 Å². The summed E-state index contributed by atoms with van der Waals surface area (Å²) in [6.07, 6.45) is 1.40. The van der Waals surface area contributed by atoms with Crippen molar-refractivity contribution in [1.29, 1.82) is 0 Å². The molecule has 0 atom stereocenters. The normalized spacial score (nSPS) is 15.2. The number of rotatable bonds is 4. The van der Waals surface area contributed by atoms with Crippen molar-refractivity contribution in [3.05, 3.63) is 84.6 Å². The molecule has 3 amide bonds. The maximum absolute atomic E-state index is 13.2. The molecular formula is C29H26ClN5O4. The average Bonchev–Trinajstić information content (AvgIpc) is 3.08. The quantitative estimate of drug-likeness (QED) is 0.360. The van der Waals surface area contributed by atoms with Gasteiger partial charge in [0.05, 0.1) is 30.2 Å². The Labute approximate surface area is 231 Å². The third-order valence-electron chi connectivity index (χ3n) is 6.70. The fourth-order valence-corrected chi connectivity index (χ4v) is 4.89. The molecule has 4 aromatic rings. The van der Waals surface area contributed by atoms with Crippen molar-refractivity contribution in [1.82, 2.24) is 4.98 Å². The third kappa shape index (κ3) is 5.14. The van der Waals surface area contributed by atoms with E-state index in [0.29, 0.717) is 60.4 Å². The second-order valence-corrected chi connectivity index (χ2v) is 9.11. The van der Waals surface area contributed by atoms with E-state index in [1.165, 1.54) is 0 Å². The van der Waals surface area contributed by atoms with Gasteiger partial charge in [-0.2, -0.15) is 0 Å². The van der Waals surface area contributed by atoms with Gasteiger partial charge in [-0.25, -0.2) is 4.98 Å². The molecule has 1 saturated heterocycles. The van der Waals surface area contributed by atoms with Crippen molar-refractivity contribution in [3.8, 4) is 0 Å². The number of carbonyl (C=O) groups excluding carboxylic acids is 3. The lowest BCUT2D eigenvalue weighted by molar-refractivity contribution is -0.124. The van der Waals surface area contributed by atoms with Gasteiger partial charge in [0, 0.05) is 36.0 Å². The monoisotopic (exact) mass is 543 g/mol. The fourth-order valence-electron chi connectivity index (χ4n) is 4.89. The zero-order valence-electron chi connectivity index (χ0n) is 20.9. The minimum Gasteiger partial charge on any atom is -0.378 e. The number of hydrogen-bond acceptors (Lipinski definition) is 6. The van der Waals surface area contributed by atoms with Crippen LogP contribution in [-0.2, 0) is 14.3 Å². The van der Waals surface area contributed by atoms with Crippen LogP contribution in [-0.4, -0.2) is 49.0 Å². The van der Waals surface area contributed by atoms with Gasteiger partial charge >= 0.3 is 0 Å². The first-order valence-corrected chi connectivity index (χ1v) is 12.4. The van der Waals surface area contributed by atoms with E-state index < -0.39 is 0 Å². The maximum Gasteiger partial charge on any atom is 0.259 e. The highest BCUT2D eigenvalue weighted by Gasteiger charge is 2.29. The SMILES string of the molecule is Cl.O=C1CC(=O)N(c2ccc(NC(=O)c3cccnc3N3CCOCC3)cc2)c2ccc3ccccc3c2N1. The smallest absolute Gasteiger partial charge is 0.259 e. The van der Waals surface area contributed by atoms with E-state index in [1.54, 1.807) is 47.5 Å². The average molecular weight is 544 g/mol. The minimum atomic E-state index is -0.355. The Kier molecular flexibility index (Phi) is 7.44. The summed E-state index contributed by atoms with van der Waals surface area (Å²) in [5.74, 6) is -0.337. The summed E-state index contributed by atoms with van der Waals surface area (Å²) in [5, 5.41) is 7.66. The van der Waals surface area contributed by atoms with Crippen LogP contribution < -0.4 is 20.4 Å². The van der Waals surface area contributed by atoms with Gasteiger partial charge in [0.2, 0.25) is 11.8 Å². The van der Waals surface area contributed by atoms with E-state index in [0.717, 1.165) is 10.8 Å². The number of hydrogen-bond donors (Lipinski definition) is 2. The Morgan fingerprint density at radius 2 is 1.69 bits per heavy atom. The molecule has 0 spiro atoms. The van der Waals surface area contributed by atoms with Crippen molar-refractivity contribution in [2.75, 3.05) is 46.7 Å². The number of amides is 3. The largest absolute Gasteiger partial charge is 0.378 e. The van der Waals surface area contributed by atoms with E-state index in [1.807, 2.05) is 41.3 Å². The number of nitrogens with zero attached hydrogens (tertiary/aromatic N) is 3. The number of aromatic nitrogens is 1. The van der Waals surface area contributed by atoms with Crippen molar-refractivity contribution in [2.24, 2.45) is 0 Å². The first-order valence-electron chi connectivity index (χ1n) is 12.4. The first-order chi connectivity index (χ1) is 18.6. The second-order valence-electron chi connectivity index (χ2n) is 9.11. The summed E-state index contributed by atoms with van der Waals surface area (Å²) in [6.45, 7) is 2.52. The highest BCUT2D eigenvalue weighted by atomic mass is 35.5. The van der Waals surface area contributed by atoms with E-state index >= 15 is 0 Å². The van der Waals surface area contributed by atoms with Gasteiger partial charge in [-0.15, -0.1) is 12.4 Å². The Hall–Kier alpha value is -4.47. The maximum atomic E-state index is 13.2. The number of fused-ring (bicyclic) bond motifs is 3. The Balaban J connectivity index is 0.00000308. The third-order valence-corrected chi connectivity index (χ3v) is 6.70. The van der Waals surface area contributed by atoms with Crippen molar-refractivity contribution in [2.45, 2.75) is 6.42 Å². The predicted octanol–water partition coefficient (Wildman–Crippen LogP) is 4.75. The lowest BCUT2D eigenvalue weighted by Gasteiger charge is -2.29. The molecule has 3 aromatic carbocycles. The molecule has 1 aromatic heterocycles. The van der Waals surface area contributed by atoms with Crippen LogP contribution in [0.3, 0.4) is 0 Å².